The minimum absolute atomic E-state index is 0.0450. The minimum atomic E-state index is -0.0450. The van der Waals surface area contributed by atoms with E-state index in [4.69, 9.17) is 16.6 Å². The third-order valence-corrected chi connectivity index (χ3v) is 5.94. The van der Waals surface area contributed by atoms with Gasteiger partial charge in [-0.25, -0.2) is 9.97 Å². The zero-order valence-electron chi connectivity index (χ0n) is 18.2. The third kappa shape index (κ3) is 4.59. The van der Waals surface area contributed by atoms with Gasteiger partial charge in [-0.1, -0.05) is 41.9 Å². The number of hydrogen-bond donors (Lipinski definition) is 2. The van der Waals surface area contributed by atoms with E-state index in [1.807, 2.05) is 61.5 Å². The van der Waals surface area contributed by atoms with Crippen LogP contribution in [0, 0.1) is 6.92 Å². The first-order valence-electron chi connectivity index (χ1n) is 11.0. The molecular weight excluding hydrogens is 432 g/mol. The number of halogens is 1. The molecule has 3 heterocycles. The maximum absolute atomic E-state index is 12.5. The Hall–Kier alpha value is -3.70. The second kappa shape index (κ2) is 9.04. The molecule has 33 heavy (non-hydrogen) atoms. The van der Waals surface area contributed by atoms with Crippen LogP contribution in [0.25, 0.3) is 33.2 Å². The van der Waals surface area contributed by atoms with Crippen LogP contribution in [0.2, 0.25) is 5.02 Å². The quantitative estimate of drug-likeness (QED) is 0.300. The van der Waals surface area contributed by atoms with Gasteiger partial charge in [0, 0.05) is 33.4 Å². The minimum Gasteiger partial charge on any atom is -0.353 e. The highest BCUT2D eigenvalue weighted by atomic mass is 35.5. The summed E-state index contributed by atoms with van der Waals surface area (Å²) in [5.41, 5.74) is 5.80. The number of anilines is 1. The van der Waals surface area contributed by atoms with Crippen LogP contribution in [0.5, 0.6) is 0 Å². The molecule has 3 aromatic heterocycles. The number of nitrogens with zero attached hydrogens (tertiary/aromatic N) is 2. The molecule has 2 N–H and O–H groups in total. The van der Waals surface area contributed by atoms with E-state index < -0.39 is 0 Å². The number of carbonyl (C=O) groups is 1. The van der Waals surface area contributed by atoms with Gasteiger partial charge in [-0.2, -0.15) is 0 Å². The van der Waals surface area contributed by atoms with E-state index >= 15 is 0 Å². The molecule has 1 amide bonds. The number of carbonyl (C=O) groups excluding carboxylic acids is 1. The molecule has 164 valence electrons. The number of benzene rings is 2. The summed E-state index contributed by atoms with van der Waals surface area (Å²) in [4.78, 5) is 25.2. The van der Waals surface area contributed by atoms with Gasteiger partial charge in [0.2, 0.25) is 5.91 Å². The monoisotopic (exact) mass is 454 g/mol. The first kappa shape index (κ1) is 21.2. The average molecular weight is 455 g/mol. The molecule has 0 aliphatic rings. The average Bonchev–Trinajstić information content (AvgIpc) is 3.16. The molecule has 0 saturated heterocycles. The molecule has 0 fully saturated rings. The normalized spacial score (nSPS) is 11.2. The highest BCUT2D eigenvalue weighted by Gasteiger charge is 2.16. The molecule has 0 radical (unpaired) electrons. The number of para-hydroxylation sites is 1. The van der Waals surface area contributed by atoms with Crippen molar-refractivity contribution < 1.29 is 4.79 Å². The van der Waals surface area contributed by atoms with Gasteiger partial charge >= 0.3 is 0 Å². The number of aryl methyl sites for hydroxylation is 2. The van der Waals surface area contributed by atoms with Crippen LogP contribution in [0.1, 0.15) is 24.1 Å². The number of fused-ring (bicyclic) bond motifs is 2. The zero-order chi connectivity index (χ0) is 22.8. The van der Waals surface area contributed by atoms with Crippen molar-refractivity contribution in [2.75, 3.05) is 5.32 Å². The van der Waals surface area contributed by atoms with Gasteiger partial charge < -0.3 is 10.3 Å². The lowest BCUT2D eigenvalue weighted by Gasteiger charge is -2.08. The largest absolute Gasteiger partial charge is 0.353 e. The number of pyridine rings is 2. The molecule has 0 unspecified atom stereocenters. The van der Waals surface area contributed by atoms with Crippen molar-refractivity contribution in [2.24, 2.45) is 0 Å². The number of H-pyrrole nitrogens is 1. The Kier molecular flexibility index (Phi) is 5.80. The number of aromatic amines is 1. The SMILES string of the molecule is Cc1cccc(NC(=O)CCCc2c(-c3ccc4ccccc4n3)[nH]c3ccc(Cl)cc23)n1. The van der Waals surface area contributed by atoms with Crippen molar-refractivity contribution in [3.8, 4) is 11.4 Å². The van der Waals surface area contributed by atoms with Gasteiger partial charge in [0.05, 0.1) is 16.9 Å². The summed E-state index contributed by atoms with van der Waals surface area (Å²) in [5, 5.41) is 5.73. The maximum Gasteiger partial charge on any atom is 0.225 e. The van der Waals surface area contributed by atoms with E-state index in [0.29, 0.717) is 23.7 Å². The Morgan fingerprint density at radius 1 is 1.00 bits per heavy atom. The number of hydrogen-bond acceptors (Lipinski definition) is 3. The van der Waals surface area contributed by atoms with E-state index in [1.54, 1.807) is 6.07 Å². The summed E-state index contributed by atoms with van der Waals surface area (Å²) >= 11 is 6.31. The van der Waals surface area contributed by atoms with Crippen molar-refractivity contribution >= 4 is 45.1 Å². The lowest BCUT2D eigenvalue weighted by atomic mass is 10.0. The van der Waals surface area contributed by atoms with Gasteiger partial charge in [0.25, 0.3) is 0 Å². The number of amides is 1. The molecule has 0 spiro atoms. The van der Waals surface area contributed by atoms with E-state index in [1.165, 1.54) is 0 Å². The van der Waals surface area contributed by atoms with Crippen molar-refractivity contribution in [2.45, 2.75) is 26.2 Å². The number of nitrogens with one attached hydrogen (secondary N) is 2. The smallest absolute Gasteiger partial charge is 0.225 e. The van der Waals surface area contributed by atoms with Crippen LogP contribution in [-0.2, 0) is 11.2 Å². The predicted molar refractivity (Wildman–Crippen MR) is 135 cm³/mol. The molecule has 0 saturated carbocycles. The molecule has 0 aliphatic carbocycles. The summed E-state index contributed by atoms with van der Waals surface area (Å²) in [7, 11) is 0. The number of rotatable bonds is 6. The maximum atomic E-state index is 12.5. The Balaban J connectivity index is 1.41. The van der Waals surface area contributed by atoms with Crippen LogP contribution in [0.4, 0.5) is 5.82 Å². The van der Waals surface area contributed by atoms with Crippen LogP contribution in [-0.4, -0.2) is 20.9 Å². The summed E-state index contributed by atoms with van der Waals surface area (Å²) in [6, 6.07) is 23.6. The predicted octanol–water partition coefficient (Wildman–Crippen LogP) is 6.70. The first-order chi connectivity index (χ1) is 16.1. The lowest BCUT2D eigenvalue weighted by Crippen LogP contribution is -2.12. The van der Waals surface area contributed by atoms with Crippen molar-refractivity contribution in [3.63, 3.8) is 0 Å². The summed E-state index contributed by atoms with van der Waals surface area (Å²) in [6.45, 7) is 1.90. The topological polar surface area (TPSA) is 70.7 Å². The fourth-order valence-electron chi connectivity index (χ4n) is 4.15. The van der Waals surface area contributed by atoms with Gasteiger partial charge in [0.15, 0.2) is 0 Å². The molecular formula is C27H23ClN4O. The Labute approximate surface area is 196 Å². The summed E-state index contributed by atoms with van der Waals surface area (Å²) in [6.07, 6.45) is 1.81. The Morgan fingerprint density at radius 3 is 2.76 bits per heavy atom. The molecule has 6 heteroatoms. The lowest BCUT2D eigenvalue weighted by molar-refractivity contribution is -0.116. The van der Waals surface area contributed by atoms with E-state index in [2.05, 4.69) is 27.4 Å². The fourth-order valence-corrected chi connectivity index (χ4v) is 4.32. The highest BCUT2D eigenvalue weighted by Crippen LogP contribution is 2.33. The Bertz CT molecular complexity index is 1470. The zero-order valence-corrected chi connectivity index (χ0v) is 19.0. The standard InChI is InChI=1S/C27H23ClN4O/c1-17-6-4-10-25(29-17)32-26(33)11-5-8-20-21-16-19(28)13-15-23(21)31-27(20)24-14-12-18-7-2-3-9-22(18)30-24/h2-4,6-7,9-10,12-16,31H,5,8,11H2,1H3,(H,29,32,33). The van der Waals surface area contributed by atoms with Crippen molar-refractivity contribution in [3.05, 3.63) is 89.1 Å². The summed E-state index contributed by atoms with van der Waals surface area (Å²) in [5.74, 6) is 0.538. The number of aromatic nitrogens is 3. The Morgan fingerprint density at radius 2 is 1.88 bits per heavy atom. The van der Waals surface area contributed by atoms with Gasteiger partial charge in [-0.15, -0.1) is 0 Å². The second-order valence-electron chi connectivity index (χ2n) is 8.12. The molecule has 5 aromatic rings. The molecule has 0 atom stereocenters. The van der Waals surface area contributed by atoms with Crippen LogP contribution in [0.3, 0.4) is 0 Å². The van der Waals surface area contributed by atoms with Gasteiger partial charge in [-0.3, -0.25) is 4.79 Å². The van der Waals surface area contributed by atoms with Gasteiger partial charge in [0.1, 0.15) is 5.82 Å². The van der Waals surface area contributed by atoms with Gasteiger partial charge in [-0.05, 0) is 67.8 Å². The molecule has 5 nitrogen and oxygen atoms in total. The molecule has 0 bridgehead atoms. The second-order valence-corrected chi connectivity index (χ2v) is 8.56. The fraction of sp³-hybridized carbons (Fsp3) is 0.148. The van der Waals surface area contributed by atoms with Crippen molar-refractivity contribution in [1.29, 1.82) is 0 Å². The highest BCUT2D eigenvalue weighted by molar-refractivity contribution is 6.31. The van der Waals surface area contributed by atoms with E-state index in [-0.39, 0.29) is 5.91 Å². The van der Waals surface area contributed by atoms with E-state index in [0.717, 1.165) is 50.9 Å². The van der Waals surface area contributed by atoms with Crippen LogP contribution < -0.4 is 5.32 Å². The first-order valence-corrected chi connectivity index (χ1v) is 11.3. The van der Waals surface area contributed by atoms with Crippen LogP contribution >= 0.6 is 11.6 Å². The van der Waals surface area contributed by atoms with Crippen LogP contribution in [0.15, 0.2) is 72.8 Å². The molecule has 2 aromatic carbocycles. The third-order valence-electron chi connectivity index (χ3n) is 5.71. The van der Waals surface area contributed by atoms with E-state index in [9.17, 15) is 4.79 Å². The summed E-state index contributed by atoms with van der Waals surface area (Å²) < 4.78 is 0. The van der Waals surface area contributed by atoms with Crippen molar-refractivity contribution in [1.82, 2.24) is 15.0 Å². The molecule has 0 aliphatic heterocycles. The molecule has 5 rings (SSSR count).